The van der Waals surface area contributed by atoms with Gasteiger partial charge < -0.3 is 4.90 Å². The molecule has 0 aromatic carbocycles. The van der Waals surface area contributed by atoms with Crippen molar-refractivity contribution in [3.05, 3.63) is 0 Å². The molecular formula is C16H33NO3S. The molecule has 3 unspecified atom stereocenters. The van der Waals surface area contributed by atoms with E-state index in [1.807, 2.05) is 6.92 Å². The van der Waals surface area contributed by atoms with Gasteiger partial charge in [-0.05, 0) is 55.6 Å². The molecule has 2 saturated carbocycles. The van der Waals surface area contributed by atoms with Gasteiger partial charge in [0.2, 0.25) is 0 Å². The molecule has 1 N–H and O–H groups in total. The molecule has 21 heavy (non-hydrogen) atoms. The topological polar surface area (TPSA) is 57.6 Å². The maximum atomic E-state index is 11.3. The predicted molar refractivity (Wildman–Crippen MR) is 88.0 cm³/mol. The summed E-state index contributed by atoms with van der Waals surface area (Å²) in [6.07, 6.45) is 2.67. The first kappa shape index (κ1) is 18.9. The molecule has 2 aliphatic carbocycles. The van der Waals surface area contributed by atoms with E-state index in [9.17, 15) is 13.0 Å². The van der Waals surface area contributed by atoms with Crippen LogP contribution in [0.3, 0.4) is 0 Å². The van der Waals surface area contributed by atoms with Crippen LogP contribution in [0, 0.1) is 16.7 Å². The smallest absolute Gasteiger partial charge is 0.268 e. The lowest BCUT2D eigenvalue weighted by Gasteiger charge is -2.37. The highest BCUT2D eigenvalue weighted by molar-refractivity contribution is 7.86. The minimum absolute atomic E-state index is 0.0491. The number of fused-ring (bicyclic) bond motifs is 2. The van der Waals surface area contributed by atoms with Gasteiger partial charge in [0.05, 0.1) is 5.25 Å². The summed E-state index contributed by atoms with van der Waals surface area (Å²) in [6.45, 7) is 16.4. The van der Waals surface area contributed by atoms with Crippen LogP contribution in [0.5, 0.6) is 0 Å². The van der Waals surface area contributed by atoms with Crippen LogP contribution in [-0.2, 0) is 10.1 Å². The minimum Gasteiger partial charge on any atom is -0.304 e. The van der Waals surface area contributed by atoms with Gasteiger partial charge in [0.15, 0.2) is 0 Å². The van der Waals surface area contributed by atoms with Gasteiger partial charge in [0.1, 0.15) is 0 Å². The normalized spacial score (nSPS) is 33.9. The summed E-state index contributed by atoms with van der Waals surface area (Å²) in [5.74, 6) is 0.458. The van der Waals surface area contributed by atoms with E-state index in [-0.39, 0.29) is 10.8 Å². The van der Waals surface area contributed by atoms with Crippen molar-refractivity contribution in [2.75, 3.05) is 19.6 Å². The number of hydrogen-bond donors (Lipinski definition) is 1. The number of rotatable bonds is 4. The Bertz CT molecular complexity index is 437. The third-order valence-corrected chi connectivity index (χ3v) is 7.85. The van der Waals surface area contributed by atoms with Gasteiger partial charge >= 0.3 is 0 Å². The highest BCUT2D eigenvalue weighted by Gasteiger charge is 2.64. The lowest BCUT2D eigenvalue weighted by molar-refractivity contribution is 0.151. The molecule has 2 aliphatic rings. The molecule has 0 spiro atoms. The molecule has 126 valence electrons. The van der Waals surface area contributed by atoms with Crippen LogP contribution < -0.4 is 0 Å². The Balaban J connectivity index is 0.000000270. The number of nitrogens with zero attached hydrogens (tertiary/aromatic N) is 1. The number of hydrogen-bond acceptors (Lipinski definition) is 3. The van der Waals surface area contributed by atoms with E-state index in [1.54, 1.807) is 0 Å². The summed E-state index contributed by atoms with van der Waals surface area (Å²) in [5.41, 5.74) is -0.182. The van der Waals surface area contributed by atoms with Crippen molar-refractivity contribution in [3.8, 4) is 0 Å². The highest BCUT2D eigenvalue weighted by atomic mass is 32.2. The first-order chi connectivity index (χ1) is 9.54. The summed E-state index contributed by atoms with van der Waals surface area (Å²) < 4.78 is 31.8. The molecule has 0 aliphatic heterocycles. The lowest BCUT2D eigenvalue weighted by Crippen LogP contribution is -2.40. The average molecular weight is 320 g/mol. The average Bonchev–Trinajstić information content (AvgIpc) is 2.73. The van der Waals surface area contributed by atoms with Crippen LogP contribution in [0.2, 0.25) is 0 Å². The minimum atomic E-state index is -3.86. The van der Waals surface area contributed by atoms with Crippen LogP contribution >= 0.6 is 0 Å². The zero-order chi connectivity index (χ0) is 16.5. The lowest BCUT2D eigenvalue weighted by atomic mass is 9.71. The molecule has 0 heterocycles. The zero-order valence-electron chi connectivity index (χ0n) is 14.5. The fourth-order valence-corrected chi connectivity index (χ4v) is 5.81. The van der Waals surface area contributed by atoms with E-state index in [0.717, 1.165) is 12.8 Å². The fraction of sp³-hybridized carbons (Fsp3) is 1.00. The summed E-state index contributed by atoms with van der Waals surface area (Å²) in [4.78, 5) is 2.38. The molecule has 0 aromatic rings. The third kappa shape index (κ3) is 3.45. The van der Waals surface area contributed by atoms with Crippen molar-refractivity contribution in [1.82, 2.24) is 4.90 Å². The molecule has 4 nitrogen and oxygen atoms in total. The summed E-state index contributed by atoms with van der Waals surface area (Å²) in [6, 6.07) is 0. The van der Waals surface area contributed by atoms with Crippen LogP contribution in [-0.4, -0.2) is 42.8 Å². The van der Waals surface area contributed by atoms with Crippen molar-refractivity contribution in [2.24, 2.45) is 16.7 Å². The fourth-order valence-electron chi connectivity index (χ4n) is 4.25. The van der Waals surface area contributed by atoms with Gasteiger partial charge in [-0.15, -0.1) is 0 Å². The first-order valence-electron chi connectivity index (χ1n) is 8.23. The Morgan fingerprint density at radius 2 is 1.57 bits per heavy atom. The molecular weight excluding hydrogens is 286 g/mol. The van der Waals surface area contributed by atoms with Crippen LogP contribution in [0.1, 0.15) is 60.8 Å². The van der Waals surface area contributed by atoms with Gasteiger partial charge in [-0.1, -0.05) is 41.5 Å². The van der Waals surface area contributed by atoms with Crippen LogP contribution in [0.25, 0.3) is 0 Å². The molecule has 2 rings (SSSR count). The molecule has 3 atom stereocenters. The van der Waals surface area contributed by atoms with Crippen molar-refractivity contribution < 1.29 is 13.0 Å². The Morgan fingerprint density at radius 3 is 1.71 bits per heavy atom. The molecule has 0 aromatic heterocycles. The molecule has 0 saturated heterocycles. The second kappa shape index (κ2) is 6.55. The maximum absolute atomic E-state index is 11.3. The van der Waals surface area contributed by atoms with Gasteiger partial charge in [0.25, 0.3) is 10.1 Å². The quantitative estimate of drug-likeness (QED) is 0.807. The monoisotopic (exact) mass is 319 g/mol. The van der Waals surface area contributed by atoms with E-state index in [2.05, 4.69) is 39.5 Å². The van der Waals surface area contributed by atoms with Gasteiger partial charge in [0, 0.05) is 0 Å². The highest BCUT2D eigenvalue weighted by Crippen LogP contribution is 2.66. The SMILES string of the molecule is CC1(C)C2CCC1(C)C(S(=O)(=O)O)C2.CCN(CC)CC. The summed E-state index contributed by atoms with van der Waals surface area (Å²) >= 11 is 0. The van der Waals surface area contributed by atoms with Crippen LogP contribution in [0.15, 0.2) is 0 Å². The van der Waals surface area contributed by atoms with Crippen molar-refractivity contribution in [2.45, 2.75) is 66.1 Å². The van der Waals surface area contributed by atoms with Gasteiger partial charge in [-0.2, -0.15) is 8.42 Å². The van der Waals surface area contributed by atoms with E-state index in [0.29, 0.717) is 12.3 Å². The zero-order valence-corrected chi connectivity index (χ0v) is 15.3. The van der Waals surface area contributed by atoms with Crippen LogP contribution in [0.4, 0.5) is 0 Å². The third-order valence-electron chi connectivity index (χ3n) is 6.42. The van der Waals surface area contributed by atoms with Crippen molar-refractivity contribution >= 4 is 10.1 Å². The Hall–Kier alpha value is -0.130. The molecule has 5 heteroatoms. The van der Waals surface area contributed by atoms with Crippen molar-refractivity contribution in [3.63, 3.8) is 0 Å². The van der Waals surface area contributed by atoms with Gasteiger partial charge in [-0.25, -0.2) is 0 Å². The standard InChI is InChI=1S/C10H18O3S.C6H15N/c1-9(2)7-4-5-10(9,3)8(6-7)14(11,12)13;1-4-7(5-2)6-3/h7-8H,4-6H2,1-3H3,(H,11,12,13);4-6H2,1-3H3. The van der Waals surface area contributed by atoms with E-state index in [1.165, 1.54) is 19.6 Å². The largest absolute Gasteiger partial charge is 0.304 e. The van der Waals surface area contributed by atoms with E-state index in [4.69, 9.17) is 0 Å². The molecule has 0 radical (unpaired) electrons. The Morgan fingerprint density at radius 1 is 1.10 bits per heavy atom. The van der Waals surface area contributed by atoms with E-state index >= 15 is 0 Å². The first-order valence-corrected chi connectivity index (χ1v) is 9.73. The molecule has 0 amide bonds. The van der Waals surface area contributed by atoms with Crippen molar-refractivity contribution in [1.29, 1.82) is 0 Å². The Kier molecular flexibility index (Phi) is 5.90. The summed E-state index contributed by atoms with van der Waals surface area (Å²) in [5, 5.41) is -0.538. The maximum Gasteiger partial charge on any atom is 0.268 e. The molecule has 2 bridgehead atoms. The van der Waals surface area contributed by atoms with E-state index < -0.39 is 15.4 Å². The Labute approximate surface area is 131 Å². The second-order valence-corrected chi connectivity index (χ2v) is 8.83. The second-order valence-electron chi connectivity index (χ2n) is 7.23. The van der Waals surface area contributed by atoms with Gasteiger partial charge in [-0.3, -0.25) is 4.55 Å². The molecule has 2 fully saturated rings. The predicted octanol–water partition coefficient (Wildman–Crippen LogP) is 3.44. The summed E-state index contributed by atoms with van der Waals surface area (Å²) in [7, 11) is -3.86.